The number of carboxylic acids is 1. The Morgan fingerprint density at radius 2 is 2.09 bits per heavy atom. The van der Waals surface area contributed by atoms with Crippen molar-refractivity contribution >= 4 is 5.97 Å². The van der Waals surface area contributed by atoms with Gasteiger partial charge in [-0.1, -0.05) is 33.8 Å². The highest BCUT2D eigenvalue weighted by Crippen LogP contribution is 2.61. The van der Waals surface area contributed by atoms with E-state index >= 15 is 0 Å². The van der Waals surface area contributed by atoms with Crippen molar-refractivity contribution in [2.45, 2.75) is 72.6 Å². The van der Waals surface area contributed by atoms with E-state index in [1.807, 2.05) is 0 Å². The van der Waals surface area contributed by atoms with Crippen LogP contribution < -0.4 is 0 Å². The van der Waals surface area contributed by atoms with Gasteiger partial charge >= 0.3 is 5.97 Å². The topological polar surface area (TPSA) is 57.5 Å². The normalized spacial score (nSPS) is 38.6. The quantitative estimate of drug-likeness (QED) is 0.700. The lowest BCUT2D eigenvalue weighted by Crippen LogP contribution is -2.50. The Morgan fingerprint density at radius 1 is 1.39 bits per heavy atom. The van der Waals surface area contributed by atoms with Crippen LogP contribution in [-0.2, 0) is 4.79 Å². The molecule has 0 unspecified atom stereocenters. The minimum absolute atomic E-state index is 0.129. The van der Waals surface area contributed by atoms with Crippen molar-refractivity contribution in [3.63, 3.8) is 0 Å². The second kappa shape index (κ2) is 6.96. The number of carbonyl (C=O) groups is 1. The first-order valence-corrected chi connectivity index (χ1v) is 9.26. The minimum Gasteiger partial charge on any atom is -0.481 e. The van der Waals surface area contributed by atoms with E-state index < -0.39 is 5.97 Å². The lowest BCUT2D eigenvalue weighted by Gasteiger charge is -2.58. The molecule has 0 saturated heterocycles. The summed E-state index contributed by atoms with van der Waals surface area (Å²) in [6.45, 7) is 9.40. The van der Waals surface area contributed by atoms with Crippen molar-refractivity contribution in [1.82, 2.24) is 0 Å². The molecule has 0 aromatic rings. The second-order valence-corrected chi connectivity index (χ2v) is 8.62. The van der Waals surface area contributed by atoms with Gasteiger partial charge in [-0.15, -0.1) is 0 Å². The maximum Gasteiger partial charge on any atom is 0.303 e. The van der Waals surface area contributed by atoms with Crippen LogP contribution in [0.15, 0.2) is 11.6 Å². The number of rotatable bonds is 6. The van der Waals surface area contributed by atoms with Crippen LogP contribution in [0.3, 0.4) is 0 Å². The molecule has 0 aromatic heterocycles. The van der Waals surface area contributed by atoms with Gasteiger partial charge in [0.25, 0.3) is 0 Å². The zero-order chi connectivity index (χ0) is 17.3. The third kappa shape index (κ3) is 3.50. The first-order chi connectivity index (χ1) is 10.7. The van der Waals surface area contributed by atoms with Crippen LogP contribution in [0, 0.1) is 28.6 Å². The molecule has 0 radical (unpaired) electrons. The molecule has 0 aliphatic heterocycles. The van der Waals surface area contributed by atoms with Gasteiger partial charge in [0.2, 0.25) is 0 Å². The molecular formula is C20H34O3. The molecule has 0 amide bonds. The maximum absolute atomic E-state index is 10.9. The number of fused-ring (bicyclic) bond motifs is 1. The van der Waals surface area contributed by atoms with E-state index in [-0.39, 0.29) is 29.8 Å². The molecule has 0 bridgehead atoms. The number of aliphatic hydroxyl groups is 1. The molecule has 132 valence electrons. The van der Waals surface area contributed by atoms with Crippen LogP contribution in [0.25, 0.3) is 0 Å². The maximum atomic E-state index is 10.9. The number of aliphatic carboxylic acids is 1. The number of hydrogen-bond acceptors (Lipinski definition) is 2. The van der Waals surface area contributed by atoms with Gasteiger partial charge in [-0.05, 0) is 72.7 Å². The number of carboxylic acid groups (broad SMARTS) is 1. The van der Waals surface area contributed by atoms with Crippen molar-refractivity contribution in [3.05, 3.63) is 11.6 Å². The highest BCUT2D eigenvalue weighted by Gasteiger charge is 2.53. The summed E-state index contributed by atoms with van der Waals surface area (Å²) in [5, 5.41) is 18.8. The van der Waals surface area contributed by atoms with Crippen molar-refractivity contribution < 1.29 is 15.0 Å². The van der Waals surface area contributed by atoms with Crippen molar-refractivity contribution in [1.29, 1.82) is 0 Å². The number of hydrogen-bond donors (Lipinski definition) is 2. The summed E-state index contributed by atoms with van der Waals surface area (Å²) in [6.07, 6.45) is 9.27. The van der Waals surface area contributed by atoms with Crippen LogP contribution in [0.1, 0.15) is 72.6 Å². The van der Waals surface area contributed by atoms with E-state index in [2.05, 4.69) is 33.8 Å². The van der Waals surface area contributed by atoms with Gasteiger partial charge in [-0.3, -0.25) is 4.79 Å². The molecular weight excluding hydrogens is 288 g/mol. The largest absolute Gasteiger partial charge is 0.481 e. The van der Waals surface area contributed by atoms with Crippen molar-refractivity contribution in [2.75, 3.05) is 6.61 Å². The Labute approximate surface area is 141 Å². The van der Waals surface area contributed by atoms with E-state index in [0.717, 1.165) is 19.3 Å². The van der Waals surface area contributed by atoms with Crippen LogP contribution in [0.4, 0.5) is 0 Å². The summed E-state index contributed by atoms with van der Waals surface area (Å²) in [5.74, 6) is 0.812. The third-order valence-electron chi connectivity index (χ3n) is 7.24. The van der Waals surface area contributed by atoms with Crippen molar-refractivity contribution in [3.8, 4) is 0 Å². The summed E-state index contributed by atoms with van der Waals surface area (Å²) in [4.78, 5) is 10.9. The van der Waals surface area contributed by atoms with Crippen LogP contribution in [-0.4, -0.2) is 22.8 Å². The zero-order valence-electron chi connectivity index (χ0n) is 15.3. The van der Waals surface area contributed by atoms with Gasteiger partial charge in [-0.2, -0.15) is 0 Å². The average molecular weight is 322 g/mol. The average Bonchev–Trinajstić information content (AvgIpc) is 2.48. The van der Waals surface area contributed by atoms with Gasteiger partial charge in [0, 0.05) is 6.42 Å². The summed E-state index contributed by atoms with van der Waals surface area (Å²) >= 11 is 0. The van der Waals surface area contributed by atoms with E-state index in [0.29, 0.717) is 11.8 Å². The van der Waals surface area contributed by atoms with Gasteiger partial charge in [0.15, 0.2) is 0 Å². The molecule has 0 spiro atoms. The SMILES string of the molecule is C[C@@H](CC[C@@]1(C)[C@H](C)CC[C@@]2(C)C(CO)=CCC[C@@H]12)CC(=O)O. The molecule has 1 saturated carbocycles. The lowest BCUT2D eigenvalue weighted by atomic mass is 9.46. The van der Waals surface area contributed by atoms with Gasteiger partial charge in [-0.25, -0.2) is 0 Å². The fourth-order valence-electron chi connectivity index (χ4n) is 5.40. The summed E-state index contributed by atoms with van der Waals surface area (Å²) in [5.41, 5.74) is 1.61. The van der Waals surface area contributed by atoms with Crippen molar-refractivity contribution in [2.24, 2.45) is 28.6 Å². The molecule has 1 fully saturated rings. The summed E-state index contributed by atoms with van der Waals surface area (Å²) in [6, 6.07) is 0. The molecule has 23 heavy (non-hydrogen) atoms. The zero-order valence-corrected chi connectivity index (χ0v) is 15.3. The molecule has 0 aromatic carbocycles. The standard InChI is InChI=1S/C20H34O3/c1-14(12-18(22)23)8-10-19(3)15(2)9-11-20(4)16(13-21)6-5-7-17(19)20/h6,14-15,17,21H,5,7-13H2,1-4H3,(H,22,23)/t14-,15+,17-,19-,20-/m0/s1. The number of aliphatic hydroxyl groups excluding tert-OH is 1. The highest BCUT2D eigenvalue weighted by atomic mass is 16.4. The van der Waals surface area contributed by atoms with E-state index in [4.69, 9.17) is 5.11 Å². The smallest absolute Gasteiger partial charge is 0.303 e. The molecule has 3 nitrogen and oxygen atoms in total. The molecule has 0 heterocycles. The van der Waals surface area contributed by atoms with E-state index in [1.54, 1.807) is 0 Å². The van der Waals surface area contributed by atoms with Crippen LogP contribution in [0.2, 0.25) is 0 Å². The second-order valence-electron chi connectivity index (χ2n) is 8.62. The molecule has 3 heteroatoms. The Morgan fingerprint density at radius 3 is 2.70 bits per heavy atom. The minimum atomic E-state index is -0.688. The predicted molar refractivity (Wildman–Crippen MR) is 93.2 cm³/mol. The fraction of sp³-hybridized carbons (Fsp3) is 0.850. The summed E-state index contributed by atoms with van der Waals surface area (Å²) < 4.78 is 0. The number of allylic oxidation sites excluding steroid dienone is 1. The predicted octanol–water partition coefficient (Wildman–Crippen LogP) is 4.65. The van der Waals surface area contributed by atoms with Crippen LogP contribution >= 0.6 is 0 Å². The Balaban J connectivity index is 2.18. The Hall–Kier alpha value is -0.830. The van der Waals surface area contributed by atoms with Gasteiger partial charge < -0.3 is 10.2 Å². The first kappa shape index (κ1) is 18.5. The fourth-order valence-corrected chi connectivity index (χ4v) is 5.40. The monoisotopic (exact) mass is 322 g/mol. The van der Waals surface area contributed by atoms with E-state index in [9.17, 15) is 9.90 Å². The summed E-state index contributed by atoms with van der Waals surface area (Å²) in [7, 11) is 0. The molecule has 2 aliphatic carbocycles. The molecule has 5 atom stereocenters. The molecule has 2 rings (SSSR count). The van der Waals surface area contributed by atoms with Gasteiger partial charge in [0.05, 0.1) is 6.61 Å². The van der Waals surface area contributed by atoms with Crippen LogP contribution in [0.5, 0.6) is 0 Å². The molecule has 2 N–H and O–H groups in total. The third-order valence-corrected chi connectivity index (χ3v) is 7.24. The van der Waals surface area contributed by atoms with Gasteiger partial charge in [0.1, 0.15) is 0 Å². The highest BCUT2D eigenvalue weighted by molar-refractivity contribution is 5.66. The molecule has 2 aliphatic rings. The Kier molecular flexibility index (Phi) is 5.60. The van der Waals surface area contributed by atoms with E-state index in [1.165, 1.54) is 24.8 Å². The first-order valence-electron chi connectivity index (χ1n) is 9.26. The lowest BCUT2D eigenvalue weighted by molar-refractivity contribution is -0.138. The Bertz CT molecular complexity index is 470.